The molecule has 2 nitrogen and oxygen atoms in total. The molecule has 1 N–H and O–H groups in total. The fourth-order valence-electron chi connectivity index (χ4n) is 4.51. The van der Waals surface area contributed by atoms with Crippen LogP contribution in [0.2, 0.25) is 0 Å². The molecular formula is C19H29NO. The minimum atomic E-state index is -0.335. The van der Waals surface area contributed by atoms with Crippen LogP contribution in [0.5, 0.6) is 0 Å². The van der Waals surface area contributed by atoms with Crippen LogP contribution in [-0.4, -0.2) is 28.6 Å². The van der Waals surface area contributed by atoms with E-state index in [0.29, 0.717) is 0 Å². The summed E-state index contributed by atoms with van der Waals surface area (Å²) in [4.78, 5) is 2.62. The van der Waals surface area contributed by atoms with E-state index in [1.54, 1.807) is 0 Å². The summed E-state index contributed by atoms with van der Waals surface area (Å²) >= 11 is 0. The minimum Gasteiger partial charge on any atom is -0.386 e. The van der Waals surface area contributed by atoms with E-state index in [0.717, 1.165) is 18.4 Å². The van der Waals surface area contributed by atoms with Gasteiger partial charge in [-0.25, -0.2) is 0 Å². The summed E-state index contributed by atoms with van der Waals surface area (Å²) in [7, 11) is 0. The van der Waals surface area contributed by atoms with Crippen molar-refractivity contribution in [1.29, 1.82) is 0 Å². The number of rotatable bonds is 3. The molecule has 2 aliphatic rings. The molecule has 1 heterocycles. The lowest BCUT2D eigenvalue weighted by Crippen LogP contribution is -2.53. The lowest BCUT2D eigenvalue weighted by atomic mass is 9.81. The van der Waals surface area contributed by atoms with Gasteiger partial charge in [-0.1, -0.05) is 43.0 Å². The third kappa shape index (κ3) is 2.76. The summed E-state index contributed by atoms with van der Waals surface area (Å²) in [5.41, 5.74) is 3.67. The molecule has 2 fully saturated rings. The van der Waals surface area contributed by atoms with Gasteiger partial charge in [0.15, 0.2) is 0 Å². The molecule has 21 heavy (non-hydrogen) atoms. The fraction of sp³-hybridized carbons (Fsp3) is 0.684. The van der Waals surface area contributed by atoms with Crippen molar-refractivity contribution in [2.24, 2.45) is 0 Å². The average molecular weight is 287 g/mol. The number of hydrogen-bond donors (Lipinski definition) is 1. The Morgan fingerprint density at radius 3 is 2.29 bits per heavy atom. The van der Waals surface area contributed by atoms with E-state index in [4.69, 9.17) is 0 Å². The van der Waals surface area contributed by atoms with Gasteiger partial charge in [-0.05, 0) is 63.7 Å². The molecule has 0 amide bonds. The van der Waals surface area contributed by atoms with Gasteiger partial charge in [-0.3, -0.25) is 4.90 Å². The Morgan fingerprint density at radius 2 is 1.67 bits per heavy atom. The Hall–Kier alpha value is -0.860. The number of nitrogens with zero attached hydrogens (tertiary/aromatic N) is 1. The van der Waals surface area contributed by atoms with Crippen molar-refractivity contribution in [1.82, 2.24) is 4.90 Å². The maximum absolute atomic E-state index is 11.3. The first-order valence-electron chi connectivity index (χ1n) is 8.64. The van der Waals surface area contributed by atoms with Crippen LogP contribution in [0, 0.1) is 13.8 Å². The van der Waals surface area contributed by atoms with Gasteiger partial charge in [0, 0.05) is 0 Å². The largest absolute Gasteiger partial charge is 0.386 e. The molecule has 0 radical (unpaired) electrons. The molecule has 1 saturated heterocycles. The monoisotopic (exact) mass is 287 g/mol. The normalized spacial score (nSPS) is 24.1. The topological polar surface area (TPSA) is 23.5 Å². The molecule has 2 heteroatoms. The standard InChI is InChI=1S/C19H29NO/c1-15-8-9-17(16(2)14-15)18(21)19(10-4-5-11-19)20-12-6-3-7-13-20/h8-9,14,18,21H,3-7,10-13H2,1-2H3. The summed E-state index contributed by atoms with van der Waals surface area (Å²) in [6.07, 6.45) is 8.44. The predicted octanol–water partition coefficient (Wildman–Crippen LogP) is 4.14. The summed E-state index contributed by atoms with van der Waals surface area (Å²) < 4.78 is 0. The van der Waals surface area contributed by atoms with E-state index >= 15 is 0 Å². The van der Waals surface area contributed by atoms with Crippen LogP contribution in [0.15, 0.2) is 18.2 Å². The van der Waals surface area contributed by atoms with E-state index in [-0.39, 0.29) is 11.6 Å². The van der Waals surface area contributed by atoms with Crippen molar-refractivity contribution >= 4 is 0 Å². The summed E-state index contributed by atoms with van der Waals surface area (Å²) in [5, 5.41) is 11.3. The Morgan fingerprint density at radius 1 is 1.00 bits per heavy atom. The Kier molecular flexibility index (Phi) is 4.37. The first-order valence-corrected chi connectivity index (χ1v) is 8.64. The summed E-state index contributed by atoms with van der Waals surface area (Å²) in [6, 6.07) is 6.50. The minimum absolute atomic E-state index is 0.000435. The van der Waals surface area contributed by atoms with Gasteiger partial charge < -0.3 is 5.11 Å². The second kappa shape index (κ2) is 6.10. The van der Waals surface area contributed by atoms with E-state index in [1.165, 1.54) is 56.3 Å². The van der Waals surface area contributed by atoms with Crippen LogP contribution < -0.4 is 0 Å². The van der Waals surface area contributed by atoms with E-state index in [9.17, 15) is 5.11 Å². The number of benzene rings is 1. The lowest BCUT2D eigenvalue weighted by molar-refractivity contribution is -0.0408. The van der Waals surface area contributed by atoms with Gasteiger partial charge in [0.25, 0.3) is 0 Å². The smallest absolute Gasteiger partial charge is 0.0976 e. The highest BCUT2D eigenvalue weighted by molar-refractivity contribution is 5.34. The maximum Gasteiger partial charge on any atom is 0.0976 e. The number of aliphatic hydroxyl groups excluding tert-OH is 1. The number of aryl methyl sites for hydroxylation is 2. The number of piperidine rings is 1. The van der Waals surface area contributed by atoms with Crippen LogP contribution in [0.4, 0.5) is 0 Å². The zero-order chi connectivity index (χ0) is 14.9. The van der Waals surface area contributed by atoms with Gasteiger partial charge in [-0.15, -0.1) is 0 Å². The number of likely N-dealkylation sites (tertiary alicyclic amines) is 1. The van der Waals surface area contributed by atoms with Crippen molar-refractivity contribution in [2.45, 2.75) is 70.4 Å². The molecule has 1 aromatic carbocycles. The molecule has 1 unspecified atom stereocenters. The molecular weight excluding hydrogens is 258 g/mol. The second-order valence-corrected chi connectivity index (χ2v) is 7.12. The first kappa shape index (κ1) is 15.1. The third-order valence-corrected chi connectivity index (χ3v) is 5.68. The van der Waals surface area contributed by atoms with Gasteiger partial charge in [0.1, 0.15) is 0 Å². The SMILES string of the molecule is Cc1ccc(C(O)C2(N3CCCCC3)CCCC2)c(C)c1. The molecule has 1 atom stereocenters. The Labute approximate surface area is 129 Å². The highest BCUT2D eigenvalue weighted by Crippen LogP contribution is 2.46. The van der Waals surface area contributed by atoms with E-state index < -0.39 is 0 Å². The van der Waals surface area contributed by atoms with E-state index in [1.807, 2.05) is 0 Å². The van der Waals surface area contributed by atoms with Crippen LogP contribution in [0.25, 0.3) is 0 Å². The zero-order valence-corrected chi connectivity index (χ0v) is 13.6. The molecule has 0 bridgehead atoms. The lowest BCUT2D eigenvalue weighted by Gasteiger charge is -2.47. The molecule has 1 aliphatic carbocycles. The fourth-order valence-corrected chi connectivity index (χ4v) is 4.51. The maximum atomic E-state index is 11.3. The summed E-state index contributed by atoms with van der Waals surface area (Å²) in [6.45, 7) is 6.60. The van der Waals surface area contributed by atoms with Crippen LogP contribution in [0.3, 0.4) is 0 Å². The predicted molar refractivity (Wildman–Crippen MR) is 87.5 cm³/mol. The van der Waals surface area contributed by atoms with Crippen molar-refractivity contribution in [2.75, 3.05) is 13.1 Å². The number of aliphatic hydroxyl groups is 1. The van der Waals surface area contributed by atoms with Crippen molar-refractivity contribution in [3.05, 3.63) is 34.9 Å². The molecule has 3 rings (SSSR count). The van der Waals surface area contributed by atoms with Crippen LogP contribution in [-0.2, 0) is 0 Å². The van der Waals surface area contributed by atoms with Crippen LogP contribution >= 0.6 is 0 Å². The second-order valence-electron chi connectivity index (χ2n) is 7.12. The summed E-state index contributed by atoms with van der Waals surface area (Å²) in [5.74, 6) is 0. The third-order valence-electron chi connectivity index (χ3n) is 5.68. The number of hydrogen-bond acceptors (Lipinski definition) is 2. The Balaban J connectivity index is 1.92. The molecule has 1 saturated carbocycles. The van der Waals surface area contributed by atoms with Crippen molar-refractivity contribution in [3.8, 4) is 0 Å². The first-order chi connectivity index (χ1) is 10.1. The molecule has 0 aromatic heterocycles. The molecule has 1 aromatic rings. The van der Waals surface area contributed by atoms with E-state index in [2.05, 4.69) is 36.9 Å². The molecule has 0 spiro atoms. The average Bonchev–Trinajstić information content (AvgIpc) is 2.98. The Bertz CT molecular complexity index is 484. The van der Waals surface area contributed by atoms with Crippen molar-refractivity contribution < 1.29 is 5.11 Å². The van der Waals surface area contributed by atoms with Crippen molar-refractivity contribution in [3.63, 3.8) is 0 Å². The van der Waals surface area contributed by atoms with Gasteiger partial charge >= 0.3 is 0 Å². The van der Waals surface area contributed by atoms with Gasteiger partial charge in [0.2, 0.25) is 0 Å². The highest BCUT2D eigenvalue weighted by Gasteiger charge is 2.46. The zero-order valence-electron chi connectivity index (χ0n) is 13.6. The highest BCUT2D eigenvalue weighted by atomic mass is 16.3. The van der Waals surface area contributed by atoms with Crippen LogP contribution in [0.1, 0.15) is 67.7 Å². The van der Waals surface area contributed by atoms with Gasteiger partial charge in [-0.2, -0.15) is 0 Å². The quantitative estimate of drug-likeness (QED) is 0.903. The molecule has 116 valence electrons. The van der Waals surface area contributed by atoms with Gasteiger partial charge in [0.05, 0.1) is 11.6 Å². The molecule has 1 aliphatic heterocycles.